The van der Waals surface area contributed by atoms with Gasteiger partial charge < -0.3 is 0 Å². The number of hydrogen-bond acceptors (Lipinski definition) is 7. The Morgan fingerprint density at radius 1 is 1.07 bits per heavy atom. The first-order chi connectivity index (χ1) is 20.9. The Hall–Kier alpha value is -4.09. The number of pyridine rings is 1. The molecule has 0 atom stereocenters. The molecule has 0 aliphatic carbocycles. The van der Waals surface area contributed by atoms with E-state index >= 15 is 0 Å². The molecule has 0 radical (unpaired) electrons. The van der Waals surface area contributed by atoms with Gasteiger partial charge >= 0.3 is 232 Å². The van der Waals surface area contributed by atoms with Crippen LogP contribution >= 0.6 is 7.41 Å². The first-order valence-electron chi connectivity index (χ1n) is 14.4. The number of nitrogens with two attached hydrogens (primary N) is 1. The number of amides is 2. The van der Waals surface area contributed by atoms with Gasteiger partial charge in [0, 0.05) is 0 Å². The number of anilines is 2. The molecule has 7 rings (SSSR count). The van der Waals surface area contributed by atoms with E-state index in [1.807, 2.05) is 6.92 Å². The first kappa shape index (κ1) is 28.7. The summed E-state index contributed by atoms with van der Waals surface area (Å²) in [7, 11) is -2.11. The van der Waals surface area contributed by atoms with Crippen LogP contribution in [0, 0.1) is 5.41 Å². The number of benzene rings is 1. The Kier molecular flexibility index (Phi) is 6.49. The van der Waals surface area contributed by atoms with Crippen molar-refractivity contribution in [2.45, 2.75) is 31.5 Å². The molecule has 1 aromatic carbocycles. The number of nitrogen functional groups attached to an aromatic ring is 1. The maximum absolute atomic E-state index is 13.1. The molecule has 6 heterocycles. The van der Waals surface area contributed by atoms with E-state index in [1.54, 1.807) is 24.3 Å². The summed E-state index contributed by atoms with van der Waals surface area (Å²) in [5.41, 5.74) is 7.46. The molecule has 2 amide bonds. The summed E-state index contributed by atoms with van der Waals surface area (Å²) in [5.74, 6) is -0.368. The fourth-order valence-corrected chi connectivity index (χ4v) is 12.8. The second-order valence-corrected chi connectivity index (χ2v) is 16.8. The molecule has 2 bridgehead atoms. The SMILES string of the molecule is CC1(C(=O)NC23CC[PH](n4cc(-c5ccc(C(=O)Nc6cc(C(F)(F)F)ccn6)cc5)c5c(N)ncnc54)(CC2)C3)COC1. The van der Waals surface area contributed by atoms with Crippen LogP contribution in [-0.4, -0.2) is 68.3 Å². The van der Waals surface area contributed by atoms with Gasteiger partial charge in [0.15, 0.2) is 0 Å². The zero-order valence-corrected chi connectivity index (χ0v) is 24.9. The van der Waals surface area contributed by atoms with Gasteiger partial charge in [-0.1, -0.05) is 0 Å². The van der Waals surface area contributed by atoms with Crippen LogP contribution in [0.4, 0.5) is 24.8 Å². The summed E-state index contributed by atoms with van der Waals surface area (Å²) in [6, 6.07) is 8.39. The summed E-state index contributed by atoms with van der Waals surface area (Å²) in [4.78, 5) is 38.7. The van der Waals surface area contributed by atoms with Crippen LogP contribution < -0.4 is 16.4 Å². The summed E-state index contributed by atoms with van der Waals surface area (Å²) in [6.45, 7) is 2.84. The van der Waals surface area contributed by atoms with Crippen molar-refractivity contribution in [1.82, 2.24) is 24.6 Å². The second-order valence-electron chi connectivity index (χ2n) is 12.5. The van der Waals surface area contributed by atoms with E-state index in [2.05, 4.69) is 36.1 Å². The van der Waals surface area contributed by atoms with E-state index in [9.17, 15) is 22.8 Å². The summed E-state index contributed by atoms with van der Waals surface area (Å²) < 4.78 is 46.9. The maximum atomic E-state index is 13.1. The van der Waals surface area contributed by atoms with Crippen molar-refractivity contribution in [2.75, 3.05) is 42.7 Å². The summed E-state index contributed by atoms with van der Waals surface area (Å²) in [5, 5.41) is 6.57. The molecular weight excluding hydrogens is 594 g/mol. The average molecular weight is 626 g/mol. The fourth-order valence-electron chi connectivity index (χ4n) is 6.93. The third-order valence-electron chi connectivity index (χ3n) is 9.48. The van der Waals surface area contributed by atoms with Crippen LogP contribution in [0.25, 0.3) is 22.2 Å². The van der Waals surface area contributed by atoms with Crippen molar-refractivity contribution in [2.24, 2.45) is 5.41 Å². The number of nitrogens with one attached hydrogen (secondary N) is 2. The van der Waals surface area contributed by atoms with Gasteiger partial charge in [0.25, 0.3) is 0 Å². The number of carbonyl (C=O) groups excluding carboxylic acids is 2. The molecule has 0 spiro atoms. The number of alkyl halides is 3. The van der Waals surface area contributed by atoms with Crippen LogP contribution in [0.2, 0.25) is 0 Å². The van der Waals surface area contributed by atoms with Gasteiger partial charge in [-0.15, -0.1) is 0 Å². The van der Waals surface area contributed by atoms with E-state index in [1.165, 1.54) is 6.33 Å². The van der Waals surface area contributed by atoms with Gasteiger partial charge in [-0.2, -0.15) is 13.2 Å². The van der Waals surface area contributed by atoms with Crippen LogP contribution in [0.1, 0.15) is 35.7 Å². The van der Waals surface area contributed by atoms with Gasteiger partial charge in [-0.3, -0.25) is 0 Å². The molecule has 230 valence electrons. The number of nitrogens with zero attached hydrogens (tertiary/aromatic N) is 4. The first-order valence-corrected chi connectivity index (χ1v) is 16.9. The van der Waals surface area contributed by atoms with Crippen molar-refractivity contribution in [3.05, 3.63) is 66.2 Å². The Labute approximate surface area is 251 Å². The molecule has 3 fully saturated rings. The molecule has 44 heavy (non-hydrogen) atoms. The second kappa shape index (κ2) is 9.97. The quantitative estimate of drug-likeness (QED) is 0.267. The fraction of sp³-hybridized carbons (Fsp3) is 0.367. The van der Waals surface area contributed by atoms with Gasteiger partial charge in [0.05, 0.1) is 0 Å². The number of hydrogen-bond donors (Lipinski definition) is 3. The number of rotatable bonds is 6. The summed E-state index contributed by atoms with van der Waals surface area (Å²) in [6.07, 6.45) is 4.79. The molecule has 10 nitrogen and oxygen atoms in total. The Morgan fingerprint density at radius 2 is 1.80 bits per heavy atom. The molecule has 4 aromatic rings. The van der Waals surface area contributed by atoms with E-state index in [-0.39, 0.29) is 22.8 Å². The van der Waals surface area contributed by atoms with Crippen molar-refractivity contribution in [3.63, 3.8) is 0 Å². The third kappa shape index (κ3) is 4.69. The van der Waals surface area contributed by atoms with Gasteiger partial charge in [0.2, 0.25) is 0 Å². The van der Waals surface area contributed by atoms with E-state index in [0.717, 1.165) is 71.8 Å². The van der Waals surface area contributed by atoms with Crippen LogP contribution in [0.3, 0.4) is 0 Å². The predicted octanol–water partition coefficient (Wildman–Crippen LogP) is 4.56. The molecule has 4 N–H and O–H groups in total. The van der Waals surface area contributed by atoms with E-state index < -0.39 is 30.5 Å². The Balaban J connectivity index is 1.16. The van der Waals surface area contributed by atoms with Crippen molar-refractivity contribution in [1.29, 1.82) is 0 Å². The molecule has 3 aromatic heterocycles. The van der Waals surface area contributed by atoms with E-state index in [4.69, 9.17) is 10.5 Å². The van der Waals surface area contributed by atoms with Crippen LogP contribution in [-0.2, 0) is 15.7 Å². The number of carbonyl (C=O) groups is 2. The Bertz CT molecular complexity index is 1800. The van der Waals surface area contributed by atoms with Crippen molar-refractivity contribution in [3.8, 4) is 11.1 Å². The predicted molar refractivity (Wildman–Crippen MR) is 162 cm³/mol. The zero-order valence-electron chi connectivity index (χ0n) is 23.9. The van der Waals surface area contributed by atoms with Crippen molar-refractivity contribution >= 4 is 41.9 Å². The number of fused-ring (bicyclic) bond motifs is 3. The zero-order chi connectivity index (χ0) is 30.9. The average Bonchev–Trinajstić information content (AvgIpc) is 3.67. The van der Waals surface area contributed by atoms with Crippen LogP contribution in [0.15, 0.2) is 55.1 Å². The standard InChI is InChI=1S/C30H31F3N7O3P/c1-28(14-43-15-28)27(42)39-29-7-10-44(16-29,11-8-29)40-13-21(23-24(34)36-17-37-25(23)40)18-2-4-19(5-3-18)26(41)38-22-12-20(6-9-35-22)30(31,32)33/h2-6,9,12-13,17,44H,7-8,10-11,14-16H2,1H3,(H,39,42)(H2,34,36,37)(H,35,38,41). The minimum atomic E-state index is -4.55. The third-order valence-corrected chi connectivity index (χ3v) is 14.5. The van der Waals surface area contributed by atoms with Crippen LogP contribution in [0.5, 0.6) is 0 Å². The number of ether oxygens (including phenoxy) is 1. The van der Waals surface area contributed by atoms with Crippen molar-refractivity contribution < 1.29 is 27.5 Å². The minimum absolute atomic E-state index is 0.0630. The molecule has 14 heteroatoms. The number of halogens is 3. The van der Waals surface area contributed by atoms with Gasteiger partial charge in [-0.05, 0) is 6.07 Å². The Morgan fingerprint density at radius 3 is 2.45 bits per heavy atom. The van der Waals surface area contributed by atoms with Gasteiger partial charge in [-0.25, -0.2) is 0 Å². The number of aromatic nitrogens is 4. The van der Waals surface area contributed by atoms with E-state index in [0.29, 0.717) is 19.0 Å². The molecule has 3 aliphatic rings. The normalized spacial score (nSPS) is 22.4. The molecule has 0 saturated carbocycles. The molecule has 3 saturated heterocycles. The molecular formula is C30H31F3N7O3P. The molecule has 0 unspecified atom stereocenters. The topological polar surface area (TPSA) is 137 Å². The monoisotopic (exact) mass is 625 g/mol. The summed E-state index contributed by atoms with van der Waals surface area (Å²) >= 11 is 0. The molecule has 3 aliphatic heterocycles. The van der Waals surface area contributed by atoms with Gasteiger partial charge in [0.1, 0.15) is 0 Å².